The standard InChI is InChI=1S/C16H16ClN5O8/c1-3-16(28)6(4-29-8(13(24)25)14(26)27)30-12(9(16)23)22-5-19-7-10(18-2)20-15(17)21-11(7)22/h1,5-6,8-9,12,23,28H,4H2,2H3,(H,24,25)(H,26,27)(H,18,20,21)/t6-,9+,12-,16-/m1/s1. The van der Waals surface area contributed by atoms with Crippen LogP contribution in [0.5, 0.6) is 0 Å². The fraction of sp³-hybridized carbons (Fsp3) is 0.438. The number of nitrogens with zero attached hydrogens (tertiary/aromatic N) is 4. The average Bonchev–Trinajstić information content (AvgIpc) is 3.21. The van der Waals surface area contributed by atoms with Crippen LogP contribution in [0.25, 0.3) is 11.2 Å². The van der Waals surface area contributed by atoms with Crippen molar-refractivity contribution in [1.29, 1.82) is 0 Å². The summed E-state index contributed by atoms with van der Waals surface area (Å²) in [6.07, 6.45) is -0.126. The Hall–Kier alpha value is -3.02. The van der Waals surface area contributed by atoms with Gasteiger partial charge in [0, 0.05) is 7.05 Å². The molecule has 160 valence electrons. The third kappa shape index (κ3) is 3.51. The fourth-order valence-corrected chi connectivity index (χ4v) is 3.16. The topological polar surface area (TPSA) is 189 Å². The summed E-state index contributed by atoms with van der Waals surface area (Å²) in [4.78, 5) is 34.1. The molecular formula is C16H16ClN5O8. The van der Waals surface area contributed by atoms with E-state index in [-0.39, 0.29) is 10.9 Å². The highest BCUT2D eigenvalue weighted by Gasteiger charge is 2.56. The second-order valence-electron chi connectivity index (χ2n) is 6.23. The number of aliphatic hydroxyl groups excluding tert-OH is 1. The number of hydrogen-bond donors (Lipinski definition) is 5. The molecule has 4 atom stereocenters. The minimum absolute atomic E-state index is 0.126. The number of ether oxygens (including phenoxy) is 2. The molecule has 2 aromatic heterocycles. The number of carboxylic acid groups (broad SMARTS) is 2. The molecule has 1 aliphatic rings. The van der Waals surface area contributed by atoms with Gasteiger partial charge < -0.3 is 35.2 Å². The number of carbonyl (C=O) groups is 2. The van der Waals surface area contributed by atoms with Crippen molar-refractivity contribution in [3.8, 4) is 12.3 Å². The molecule has 3 rings (SSSR count). The van der Waals surface area contributed by atoms with Crippen LogP contribution in [0.2, 0.25) is 5.28 Å². The lowest BCUT2D eigenvalue weighted by atomic mass is 9.93. The molecule has 0 unspecified atom stereocenters. The first kappa shape index (κ1) is 21.7. The SMILES string of the molecule is C#C[C@@]1(O)[C@@H](COC(C(=O)O)C(=O)O)O[C@@H](n2cnc3c(NC)nc(Cl)nc32)[C@@H]1O. The zero-order chi connectivity index (χ0) is 22.2. The molecule has 2 aromatic rings. The second-order valence-corrected chi connectivity index (χ2v) is 6.57. The molecule has 1 fully saturated rings. The highest BCUT2D eigenvalue weighted by atomic mass is 35.5. The number of aliphatic carboxylic acids is 2. The van der Waals surface area contributed by atoms with Gasteiger partial charge in [-0.2, -0.15) is 9.97 Å². The van der Waals surface area contributed by atoms with Crippen LogP contribution in [0.3, 0.4) is 0 Å². The van der Waals surface area contributed by atoms with Crippen molar-refractivity contribution >= 4 is 40.5 Å². The maximum atomic E-state index is 11.0. The molecule has 1 saturated heterocycles. The predicted octanol–water partition coefficient (Wildman–Crippen LogP) is -1.30. The molecular weight excluding hydrogens is 426 g/mol. The van der Waals surface area contributed by atoms with E-state index >= 15 is 0 Å². The summed E-state index contributed by atoms with van der Waals surface area (Å²) in [5.74, 6) is -1.22. The first-order valence-electron chi connectivity index (χ1n) is 8.32. The van der Waals surface area contributed by atoms with E-state index in [1.54, 1.807) is 7.05 Å². The summed E-state index contributed by atoms with van der Waals surface area (Å²) < 4.78 is 11.7. The van der Waals surface area contributed by atoms with Crippen LogP contribution in [0.1, 0.15) is 6.23 Å². The monoisotopic (exact) mass is 441 g/mol. The van der Waals surface area contributed by atoms with Gasteiger partial charge in [0.15, 0.2) is 28.8 Å². The van der Waals surface area contributed by atoms with Gasteiger partial charge >= 0.3 is 11.9 Å². The maximum absolute atomic E-state index is 11.0. The number of fused-ring (bicyclic) bond motifs is 1. The smallest absolute Gasteiger partial charge is 0.344 e. The van der Waals surface area contributed by atoms with Gasteiger partial charge in [0.1, 0.15) is 12.2 Å². The molecule has 0 aromatic carbocycles. The Bertz CT molecular complexity index is 1020. The van der Waals surface area contributed by atoms with Gasteiger partial charge in [-0.3, -0.25) is 4.57 Å². The number of carboxylic acids is 2. The van der Waals surface area contributed by atoms with Crippen molar-refractivity contribution in [3.05, 3.63) is 11.6 Å². The van der Waals surface area contributed by atoms with Gasteiger partial charge in [0.25, 0.3) is 6.10 Å². The van der Waals surface area contributed by atoms with Gasteiger partial charge in [-0.25, -0.2) is 14.6 Å². The van der Waals surface area contributed by atoms with Crippen LogP contribution in [0, 0.1) is 12.3 Å². The summed E-state index contributed by atoms with van der Waals surface area (Å²) >= 11 is 5.91. The number of aliphatic hydroxyl groups is 2. The minimum Gasteiger partial charge on any atom is -0.479 e. The van der Waals surface area contributed by atoms with Crippen molar-refractivity contribution in [2.24, 2.45) is 0 Å². The van der Waals surface area contributed by atoms with Crippen molar-refractivity contribution in [1.82, 2.24) is 19.5 Å². The lowest BCUT2D eigenvalue weighted by molar-refractivity contribution is -0.171. The molecule has 13 nitrogen and oxygen atoms in total. The molecule has 30 heavy (non-hydrogen) atoms. The van der Waals surface area contributed by atoms with E-state index in [4.69, 9.17) is 37.7 Å². The van der Waals surface area contributed by atoms with E-state index in [2.05, 4.69) is 20.3 Å². The number of rotatable bonds is 7. The highest BCUT2D eigenvalue weighted by molar-refractivity contribution is 6.28. The highest BCUT2D eigenvalue weighted by Crippen LogP contribution is 2.39. The number of nitrogens with one attached hydrogen (secondary N) is 1. The molecule has 3 heterocycles. The van der Waals surface area contributed by atoms with Gasteiger partial charge in [0.2, 0.25) is 5.28 Å². The van der Waals surface area contributed by atoms with Crippen LogP contribution in [-0.4, -0.2) is 89.5 Å². The third-order valence-corrected chi connectivity index (χ3v) is 4.68. The fourth-order valence-electron chi connectivity index (χ4n) is 3.00. The van der Waals surface area contributed by atoms with Gasteiger partial charge in [-0.1, -0.05) is 5.92 Å². The molecule has 0 amide bonds. The Balaban J connectivity index is 1.94. The molecule has 1 aliphatic heterocycles. The van der Waals surface area contributed by atoms with E-state index in [0.29, 0.717) is 11.3 Å². The van der Waals surface area contributed by atoms with E-state index in [1.807, 2.05) is 5.92 Å². The van der Waals surface area contributed by atoms with Crippen LogP contribution in [0.4, 0.5) is 5.82 Å². The quantitative estimate of drug-likeness (QED) is 0.194. The summed E-state index contributed by atoms with van der Waals surface area (Å²) in [6, 6.07) is 0. The third-order valence-electron chi connectivity index (χ3n) is 4.51. The van der Waals surface area contributed by atoms with E-state index < -0.39 is 48.7 Å². The van der Waals surface area contributed by atoms with Crippen LogP contribution < -0.4 is 5.32 Å². The Morgan fingerprint density at radius 2 is 2.13 bits per heavy atom. The molecule has 0 radical (unpaired) electrons. The van der Waals surface area contributed by atoms with E-state index in [1.165, 1.54) is 10.9 Å². The van der Waals surface area contributed by atoms with Crippen LogP contribution >= 0.6 is 11.6 Å². The first-order valence-corrected chi connectivity index (χ1v) is 8.70. The van der Waals surface area contributed by atoms with Crippen molar-refractivity contribution < 1.29 is 39.5 Å². The summed E-state index contributed by atoms with van der Waals surface area (Å²) in [5.41, 5.74) is -1.89. The summed E-state index contributed by atoms with van der Waals surface area (Å²) in [7, 11) is 1.59. The second kappa shape index (κ2) is 8.01. The lowest BCUT2D eigenvalue weighted by Gasteiger charge is -2.25. The maximum Gasteiger partial charge on any atom is 0.344 e. The average molecular weight is 442 g/mol. The number of halogens is 1. The van der Waals surface area contributed by atoms with E-state index in [0.717, 1.165) is 0 Å². The van der Waals surface area contributed by atoms with Crippen molar-refractivity contribution in [3.63, 3.8) is 0 Å². The Labute approximate surface area is 173 Å². The Morgan fingerprint density at radius 1 is 1.47 bits per heavy atom. The number of terminal acetylenes is 1. The van der Waals surface area contributed by atoms with Gasteiger partial charge in [-0.05, 0) is 11.6 Å². The van der Waals surface area contributed by atoms with Gasteiger partial charge in [-0.15, -0.1) is 6.42 Å². The zero-order valence-electron chi connectivity index (χ0n) is 15.3. The molecule has 0 spiro atoms. The number of hydrogen-bond acceptors (Lipinski definition) is 10. The minimum atomic E-state index is -2.33. The molecule has 0 saturated carbocycles. The lowest BCUT2D eigenvalue weighted by Crippen LogP contribution is -2.49. The van der Waals surface area contributed by atoms with Gasteiger partial charge in [0.05, 0.1) is 12.9 Å². The summed E-state index contributed by atoms with van der Waals surface area (Å²) in [6.45, 7) is -0.734. The number of imidazole rings is 1. The normalized spacial score (nSPS) is 26.1. The first-order chi connectivity index (χ1) is 14.1. The van der Waals surface area contributed by atoms with Crippen molar-refractivity contribution in [2.75, 3.05) is 19.0 Å². The molecule has 0 aliphatic carbocycles. The molecule has 0 bridgehead atoms. The number of anilines is 1. The largest absolute Gasteiger partial charge is 0.479 e. The molecule has 14 heteroatoms. The summed E-state index contributed by atoms with van der Waals surface area (Å²) in [5, 5.41) is 41.8. The van der Waals surface area contributed by atoms with Crippen LogP contribution in [0.15, 0.2) is 6.33 Å². The predicted molar refractivity (Wildman–Crippen MR) is 98.6 cm³/mol. The van der Waals surface area contributed by atoms with E-state index in [9.17, 15) is 19.8 Å². The Kier molecular flexibility index (Phi) is 5.79. The molecule has 5 N–H and O–H groups in total. The number of aromatic nitrogens is 4. The van der Waals surface area contributed by atoms with Crippen molar-refractivity contribution in [2.45, 2.75) is 30.1 Å². The van der Waals surface area contributed by atoms with Crippen LogP contribution in [-0.2, 0) is 19.1 Å². The Morgan fingerprint density at radius 3 is 2.70 bits per heavy atom. The zero-order valence-corrected chi connectivity index (χ0v) is 16.0.